The Morgan fingerprint density at radius 1 is 1.25 bits per heavy atom. The lowest BCUT2D eigenvalue weighted by Gasteiger charge is -2.39. The van der Waals surface area contributed by atoms with Crippen molar-refractivity contribution in [3.63, 3.8) is 0 Å². The second-order valence-electron chi connectivity index (χ2n) is 7.10. The van der Waals surface area contributed by atoms with E-state index >= 15 is 0 Å². The number of sulfonamides is 1. The van der Waals surface area contributed by atoms with E-state index in [0.717, 1.165) is 25.8 Å². The van der Waals surface area contributed by atoms with E-state index in [1.807, 2.05) is 6.92 Å². The first-order valence-corrected chi connectivity index (χ1v) is 9.39. The van der Waals surface area contributed by atoms with Crippen molar-refractivity contribution in [1.82, 2.24) is 9.62 Å². The molecule has 1 N–H and O–H groups in total. The maximum atomic E-state index is 12.5. The minimum absolute atomic E-state index is 0.282. The van der Waals surface area contributed by atoms with Crippen LogP contribution in [-0.4, -0.2) is 44.2 Å². The molecule has 0 radical (unpaired) electrons. The molecule has 1 unspecified atom stereocenters. The third-order valence-corrected chi connectivity index (χ3v) is 6.67. The molecule has 0 bridgehead atoms. The lowest BCUT2D eigenvalue weighted by Crippen LogP contribution is -2.46. The second-order valence-corrected chi connectivity index (χ2v) is 9.45. The molecule has 120 valence electrons. The zero-order valence-corrected chi connectivity index (χ0v) is 14.6. The molecule has 5 heteroatoms. The highest BCUT2D eigenvalue weighted by molar-refractivity contribution is 7.89. The Labute approximate surface area is 125 Å². The highest BCUT2D eigenvalue weighted by Crippen LogP contribution is 2.35. The second kappa shape index (κ2) is 7.23. The van der Waals surface area contributed by atoms with Crippen molar-refractivity contribution in [1.29, 1.82) is 0 Å². The van der Waals surface area contributed by atoms with Crippen LogP contribution in [0.5, 0.6) is 0 Å². The minimum atomic E-state index is -3.14. The predicted octanol–water partition coefficient (Wildman–Crippen LogP) is 2.46. The molecule has 1 aliphatic rings. The third-order valence-electron chi connectivity index (χ3n) is 4.41. The quantitative estimate of drug-likeness (QED) is 0.767. The molecule has 0 spiro atoms. The number of hydrogen-bond donors (Lipinski definition) is 1. The highest BCUT2D eigenvalue weighted by Gasteiger charge is 2.35. The highest BCUT2D eigenvalue weighted by atomic mass is 32.2. The summed E-state index contributed by atoms with van der Waals surface area (Å²) in [4.78, 5) is 0. The molecule has 1 rings (SSSR count). The zero-order valence-electron chi connectivity index (χ0n) is 13.8. The van der Waals surface area contributed by atoms with Crippen molar-refractivity contribution in [2.75, 3.05) is 26.2 Å². The van der Waals surface area contributed by atoms with Gasteiger partial charge in [0.15, 0.2) is 0 Å². The number of nitrogens with zero attached hydrogens (tertiary/aromatic N) is 1. The van der Waals surface area contributed by atoms with Crippen LogP contribution in [0.25, 0.3) is 0 Å². The van der Waals surface area contributed by atoms with Crippen LogP contribution in [0.15, 0.2) is 0 Å². The van der Waals surface area contributed by atoms with Gasteiger partial charge in [-0.3, -0.25) is 0 Å². The van der Waals surface area contributed by atoms with Crippen molar-refractivity contribution in [2.45, 2.75) is 59.1 Å². The van der Waals surface area contributed by atoms with Crippen molar-refractivity contribution in [2.24, 2.45) is 11.3 Å². The third kappa shape index (κ3) is 4.71. The minimum Gasteiger partial charge on any atom is -0.315 e. The van der Waals surface area contributed by atoms with Gasteiger partial charge < -0.3 is 5.32 Å². The monoisotopic (exact) mass is 304 g/mol. The summed E-state index contributed by atoms with van der Waals surface area (Å²) < 4.78 is 26.7. The number of rotatable bonds is 6. The van der Waals surface area contributed by atoms with Gasteiger partial charge in [-0.15, -0.1) is 0 Å². The van der Waals surface area contributed by atoms with Crippen LogP contribution in [-0.2, 0) is 10.0 Å². The summed E-state index contributed by atoms with van der Waals surface area (Å²) in [6.07, 6.45) is 3.00. The van der Waals surface area contributed by atoms with Gasteiger partial charge in [0.05, 0.1) is 5.25 Å². The van der Waals surface area contributed by atoms with Crippen LogP contribution in [0.2, 0.25) is 0 Å². The maximum absolute atomic E-state index is 12.5. The topological polar surface area (TPSA) is 49.4 Å². The van der Waals surface area contributed by atoms with Gasteiger partial charge in [-0.1, -0.05) is 27.7 Å². The first-order valence-electron chi connectivity index (χ1n) is 7.89. The molecule has 1 aliphatic heterocycles. The van der Waals surface area contributed by atoms with E-state index in [1.54, 1.807) is 4.31 Å². The fraction of sp³-hybridized carbons (Fsp3) is 1.00. The molecule has 20 heavy (non-hydrogen) atoms. The molecular formula is C15H32N2O2S. The molecule has 1 saturated heterocycles. The van der Waals surface area contributed by atoms with E-state index in [4.69, 9.17) is 0 Å². The van der Waals surface area contributed by atoms with Crippen molar-refractivity contribution in [3.8, 4) is 0 Å². The van der Waals surface area contributed by atoms with E-state index in [1.165, 1.54) is 0 Å². The molecule has 0 aliphatic carbocycles. The summed E-state index contributed by atoms with van der Waals surface area (Å²) in [6, 6.07) is 0. The van der Waals surface area contributed by atoms with Crippen molar-refractivity contribution >= 4 is 10.0 Å². The summed E-state index contributed by atoms with van der Waals surface area (Å²) >= 11 is 0. The van der Waals surface area contributed by atoms with E-state index in [2.05, 4.69) is 33.0 Å². The van der Waals surface area contributed by atoms with Crippen LogP contribution < -0.4 is 5.32 Å². The Bertz CT molecular complexity index is 379. The SMILES string of the molecule is CCCNCC(C)S(=O)(=O)N1CCC(C(C)(C)C)CC1. The molecule has 1 atom stereocenters. The smallest absolute Gasteiger partial charge is 0.217 e. The van der Waals surface area contributed by atoms with Crippen LogP contribution >= 0.6 is 0 Å². The molecule has 0 saturated carbocycles. The summed E-state index contributed by atoms with van der Waals surface area (Å²) in [6.45, 7) is 13.4. The number of piperidine rings is 1. The average molecular weight is 305 g/mol. The van der Waals surface area contributed by atoms with Gasteiger partial charge in [0.1, 0.15) is 0 Å². The predicted molar refractivity (Wildman–Crippen MR) is 85.3 cm³/mol. The van der Waals surface area contributed by atoms with E-state index in [0.29, 0.717) is 25.6 Å². The Morgan fingerprint density at radius 3 is 2.25 bits per heavy atom. The largest absolute Gasteiger partial charge is 0.315 e. The molecule has 0 aromatic rings. The van der Waals surface area contributed by atoms with Gasteiger partial charge in [0.2, 0.25) is 10.0 Å². The standard InChI is InChI=1S/C15H32N2O2S/c1-6-9-16-12-13(2)20(18,19)17-10-7-14(8-11-17)15(3,4)5/h13-14,16H,6-12H2,1-5H3. The van der Waals surface area contributed by atoms with Gasteiger partial charge in [-0.05, 0) is 44.1 Å². The van der Waals surface area contributed by atoms with E-state index in [9.17, 15) is 8.42 Å². The van der Waals surface area contributed by atoms with Crippen LogP contribution in [0.4, 0.5) is 0 Å². The Hall–Kier alpha value is -0.130. The fourth-order valence-corrected chi connectivity index (χ4v) is 4.38. The summed E-state index contributed by atoms with van der Waals surface area (Å²) in [7, 11) is -3.14. The molecule has 0 aromatic heterocycles. The summed E-state index contributed by atoms with van der Waals surface area (Å²) in [5.41, 5.74) is 0.282. The lowest BCUT2D eigenvalue weighted by atomic mass is 9.76. The molecule has 4 nitrogen and oxygen atoms in total. The molecule has 0 aromatic carbocycles. The normalized spacial score (nSPS) is 21.1. The summed E-state index contributed by atoms with van der Waals surface area (Å²) in [5, 5.41) is 2.87. The first-order chi connectivity index (χ1) is 9.19. The lowest BCUT2D eigenvalue weighted by molar-refractivity contribution is 0.153. The zero-order chi connectivity index (χ0) is 15.4. The van der Waals surface area contributed by atoms with E-state index in [-0.39, 0.29) is 10.7 Å². The Morgan fingerprint density at radius 2 is 1.80 bits per heavy atom. The Kier molecular flexibility index (Phi) is 6.48. The van der Waals surface area contributed by atoms with Gasteiger partial charge in [-0.25, -0.2) is 12.7 Å². The number of hydrogen-bond acceptors (Lipinski definition) is 3. The first kappa shape index (κ1) is 17.9. The Balaban J connectivity index is 2.54. The van der Waals surface area contributed by atoms with Gasteiger partial charge in [-0.2, -0.15) is 0 Å². The van der Waals surface area contributed by atoms with Crippen LogP contribution in [0.1, 0.15) is 53.9 Å². The van der Waals surface area contributed by atoms with Crippen LogP contribution in [0, 0.1) is 11.3 Å². The average Bonchev–Trinajstić information content (AvgIpc) is 2.38. The molecule has 1 heterocycles. The van der Waals surface area contributed by atoms with Crippen LogP contribution in [0.3, 0.4) is 0 Å². The molecular weight excluding hydrogens is 272 g/mol. The molecule has 1 fully saturated rings. The maximum Gasteiger partial charge on any atom is 0.217 e. The van der Waals surface area contributed by atoms with E-state index < -0.39 is 10.0 Å². The number of nitrogens with one attached hydrogen (secondary N) is 1. The van der Waals surface area contributed by atoms with Gasteiger partial charge in [0.25, 0.3) is 0 Å². The van der Waals surface area contributed by atoms with Crippen molar-refractivity contribution in [3.05, 3.63) is 0 Å². The fourth-order valence-electron chi connectivity index (χ4n) is 2.82. The summed E-state index contributed by atoms with van der Waals surface area (Å²) in [5.74, 6) is 0.627. The molecule has 0 amide bonds. The van der Waals surface area contributed by atoms with Gasteiger partial charge >= 0.3 is 0 Å². The van der Waals surface area contributed by atoms with Gasteiger partial charge in [0, 0.05) is 19.6 Å². The van der Waals surface area contributed by atoms with Crippen molar-refractivity contribution < 1.29 is 8.42 Å².